The van der Waals surface area contributed by atoms with E-state index in [0.29, 0.717) is 11.2 Å². The minimum Gasteiger partial charge on any atom is -0.323 e. The Morgan fingerprint density at radius 3 is 2.76 bits per heavy atom. The predicted octanol–water partition coefficient (Wildman–Crippen LogP) is 3.13. The number of nitrogens with zero attached hydrogens (tertiary/aromatic N) is 3. The summed E-state index contributed by atoms with van der Waals surface area (Å²) < 4.78 is 1.35. The monoisotopic (exact) mass is 286 g/mol. The Bertz CT molecular complexity index is 764. The second-order valence-corrected chi connectivity index (χ2v) is 6.97. The van der Waals surface area contributed by atoms with Crippen molar-refractivity contribution in [2.75, 3.05) is 0 Å². The molecule has 1 N–H and O–H groups in total. The van der Waals surface area contributed by atoms with Gasteiger partial charge in [-0.2, -0.15) is 14.6 Å². The molecule has 0 unspecified atom stereocenters. The Labute approximate surface area is 124 Å². The van der Waals surface area contributed by atoms with E-state index in [-0.39, 0.29) is 11.5 Å². The van der Waals surface area contributed by atoms with Crippen LogP contribution in [0.4, 0.5) is 0 Å². The van der Waals surface area contributed by atoms with Crippen molar-refractivity contribution in [3.63, 3.8) is 0 Å². The number of aromatic nitrogens is 4. The molecule has 0 saturated heterocycles. The molecule has 1 aliphatic rings. The highest BCUT2D eigenvalue weighted by molar-refractivity contribution is 5.67. The van der Waals surface area contributed by atoms with Gasteiger partial charge in [0.25, 0.3) is 5.56 Å². The topological polar surface area (TPSA) is 63.1 Å². The van der Waals surface area contributed by atoms with Crippen LogP contribution >= 0.6 is 0 Å². The normalized spacial score (nSPS) is 18.2. The average Bonchev–Trinajstić information content (AvgIpc) is 2.86. The molecule has 5 heteroatoms. The fourth-order valence-electron chi connectivity index (χ4n) is 2.97. The van der Waals surface area contributed by atoms with E-state index in [1.54, 1.807) is 0 Å². The van der Waals surface area contributed by atoms with Crippen LogP contribution < -0.4 is 5.56 Å². The van der Waals surface area contributed by atoms with Crippen molar-refractivity contribution < 1.29 is 0 Å². The summed E-state index contributed by atoms with van der Waals surface area (Å²) in [5.74, 6) is 0.665. The number of aromatic amines is 1. The minimum absolute atomic E-state index is 0.0583. The molecule has 0 radical (unpaired) electrons. The SMILES string of the molecule is CC(C)c1c(C2=CCC(C)(C)CC2)[nH]c2ncnn2c1=O. The molecule has 0 atom stereocenters. The third kappa shape index (κ3) is 2.41. The lowest BCUT2D eigenvalue weighted by atomic mass is 9.77. The van der Waals surface area contributed by atoms with Crippen LogP contribution in [0.3, 0.4) is 0 Å². The van der Waals surface area contributed by atoms with Gasteiger partial charge in [-0.25, -0.2) is 0 Å². The molecule has 0 bridgehead atoms. The number of allylic oxidation sites excluding steroid dienone is 2. The highest BCUT2D eigenvalue weighted by Crippen LogP contribution is 2.38. The highest BCUT2D eigenvalue weighted by Gasteiger charge is 2.25. The molecule has 2 aromatic heterocycles. The van der Waals surface area contributed by atoms with Gasteiger partial charge in [-0.05, 0) is 36.2 Å². The van der Waals surface area contributed by atoms with Gasteiger partial charge in [0.2, 0.25) is 5.78 Å². The fraction of sp³-hybridized carbons (Fsp3) is 0.562. The lowest BCUT2D eigenvalue weighted by molar-refractivity contribution is 0.334. The van der Waals surface area contributed by atoms with Crippen molar-refractivity contribution in [2.24, 2.45) is 5.41 Å². The van der Waals surface area contributed by atoms with Crippen molar-refractivity contribution in [1.82, 2.24) is 19.6 Å². The second-order valence-electron chi connectivity index (χ2n) is 6.97. The van der Waals surface area contributed by atoms with Gasteiger partial charge >= 0.3 is 0 Å². The Morgan fingerprint density at radius 2 is 2.14 bits per heavy atom. The Kier molecular flexibility index (Phi) is 3.23. The first-order valence-electron chi connectivity index (χ1n) is 7.54. The van der Waals surface area contributed by atoms with Gasteiger partial charge < -0.3 is 4.98 Å². The molecular weight excluding hydrogens is 264 g/mol. The lowest BCUT2D eigenvalue weighted by Gasteiger charge is -2.29. The number of fused-ring (bicyclic) bond motifs is 1. The summed E-state index contributed by atoms with van der Waals surface area (Å²) in [4.78, 5) is 20.1. The van der Waals surface area contributed by atoms with E-state index in [1.807, 2.05) is 13.8 Å². The minimum atomic E-state index is -0.0583. The van der Waals surface area contributed by atoms with Crippen molar-refractivity contribution in [2.45, 2.75) is 52.9 Å². The number of H-pyrrole nitrogens is 1. The molecule has 3 rings (SSSR count). The largest absolute Gasteiger partial charge is 0.323 e. The van der Waals surface area contributed by atoms with E-state index >= 15 is 0 Å². The van der Waals surface area contributed by atoms with E-state index < -0.39 is 0 Å². The summed E-state index contributed by atoms with van der Waals surface area (Å²) in [5, 5.41) is 4.01. The van der Waals surface area contributed by atoms with Gasteiger partial charge in [0, 0.05) is 5.56 Å². The summed E-state index contributed by atoms with van der Waals surface area (Å²) in [5.41, 5.74) is 3.28. The van der Waals surface area contributed by atoms with Crippen molar-refractivity contribution in [3.05, 3.63) is 34.0 Å². The highest BCUT2D eigenvalue weighted by atomic mass is 16.1. The molecule has 2 heterocycles. The molecule has 0 aliphatic heterocycles. The first-order chi connectivity index (χ1) is 9.89. The van der Waals surface area contributed by atoms with Crippen molar-refractivity contribution in [3.8, 4) is 0 Å². The fourth-order valence-corrected chi connectivity index (χ4v) is 2.97. The molecule has 2 aromatic rings. The van der Waals surface area contributed by atoms with Crippen LogP contribution in [0.2, 0.25) is 0 Å². The maximum atomic E-state index is 12.6. The zero-order valence-corrected chi connectivity index (χ0v) is 13.1. The zero-order valence-electron chi connectivity index (χ0n) is 13.1. The summed E-state index contributed by atoms with van der Waals surface area (Å²) in [6.45, 7) is 8.66. The standard InChI is InChI=1S/C16H22N4O/c1-10(2)12-13(11-5-7-16(3,4)8-6-11)19-15-17-9-18-20(15)14(12)21/h5,9-10H,6-8H2,1-4H3,(H,17,18,19). The van der Waals surface area contributed by atoms with E-state index in [0.717, 1.165) is 30.5 Å². The molecule has 1 aliphatic carbocycles. The number of hydrogen-bond acceptors (Lipinski definition) is 3. The first kappa shape index (κ1) is 14.0. The maximum absolute atomic E-state index is 12.6. The Balaban J connectivity index is 2.20. The quantitative estimate of drug-likeness (QED) is 0.922. The van der Waals surface area contributed by atoms with Gasteiger partial charge in [-0.15, -0.1) is 0 Å². The lowest BCUT2D eigenvalue weighted by Crippen LogP contribution is -2.24. The van der Waals surface area contributed by atoms with Crippen molar-refractivity contribution in [1.29, 1.82) is 0 Å². The summed E-state index contributed by atoms with van der Waals surface area (Å²) in [7, 11) is 0. The van der Waals surface area contributed by atoms with E-state index in [9.17, 15) is 4.79 Å². The van der Waals surface area contributed by atoms with Gasteiger partial charge in [0.05, 0.1) is 5.69 Å². The van der Waals surface area contributed by atoms with Crippen LogP contribution in [-0.2, 0) is 0 Å². The van der Waals surface area contributed by atoms with E-state index in [1.165, 1.54) is 16.4 Å². The van der Waals surface area contributed by atoms with Crippen LogP contribution in [0.25, 0.3) is 11.4 Å². The van der Waals surface area contributed by atoms with Gasteiger partial charge in [0.15, 0.2) is 0 Å². The molecule has 0 fully saturated rings. The summed E-state index contributed by atoms with van der Waals surface area (Å²) in [6.07, 6.45) is 6.86. The number of rotatable bonds is 2. The first-order valence-corrected chi connectivity index (χ1v) is 7.54. The molecule has 21 heavy (non-hydrogen) atoms. The van der Waals surface area contributed by atoms with Gasteiger partial charge in [-0.1, -0.05) is 33.8 Å². The third-order valence-electron chi connectivity index (χ3n) is 4.35. The van der Waals surface area contributed by atoms with Crippen LogP contribution in [0.5, 0.6) is 0 Å². The van der Waals surface area contributed by atoms with Crippen LogP contribution in [0.15, 0.2) is 17.2 Å². The van der Waals surface area contributed by atoms with Crippen molar-refractivity contribution >= 4 is 11.4 Å². The van der Waals surface area contributed by atoms with Gasteiger partial charge in [-0.3, -0.25) is 4.79 Å². The smallest absolute Gasteiger partial charge is 0.279 e. The Morgan fingerprint density at radius 1 is 1.38 bits per heavy atom. The molecule has 5 nitrogen and oxygen atoms in total. The molecule has 0 amide bonds. The Hall–Kier alpha value is -1.91. The molecule has 112 valence electrons. The average molecular weight is 286 g/mol. The molecule has 0 aromatic carbocycles. The van der Waals surface area contributed by atoms with Gasteiger partial charge in [0.1, 0.15) is 6.33 Å². The maximum Gasteiger partial charge on any atom is 0.279 e. The summed E-state index contributed by atoms with van der Waals surface area (Å²) in [6, 6.07) is 0. The molecule has 0 spiro atoms. The number of nitrogens with one attached hydrogen (secondary N) is 1. The zero-order chi connectivity index (χ0) is 15.2. The molecular formula is C16H22N4O. The van der Waals surface area contributed by atoms with Crippen LogP contribution in [0, 0.1) is 5.41 Å². The van der Waals surface area contributed by atoms with E-state index in [2.05, 4.69) is 35.0 Å². The third-order valence-corrected chi connectivity index (χ3v) is 4.35. The predicted molar refractivity (Wildman–Crippen MR) is 83.3 cm³/mol. The second kappa shape index (κ2) is 4.83. The molecule has 0 saturated carbocycles. The van der Waals surface area contributed by atoms with E-state index in [4.69, 9.17) is 0 Å². The number of hydrogen-bond donors (Lipinski definition) is 1. The summed E-state index contributed by atoms with van der Waals surface area (Å²) >= 11 is 0. The van der Waals surface area contributed by atoms with Crippen LogP contribution in [-0.4, -0.2) is 19.6 Å². The van der Waals surface area contributed by atoms with Crippen LogP contribution in [0.1, 0.15) is 64.1 Å².